The molecule has 3 aliphatic heterocycles. The highest BCUT2D eigenvalue weighted by Crippen LogP contribution is 2.37. The molecule has 3 heterocycles. The number of nitrogens with one attached hydrogen (secondary N) is 1. The minimum Gasteiger partial charge on any atom is -0.398 e. The highest BCUT2D eigenvalue weighted by Gasteiger charge is 2.26. The molecule has 9 heteroatoms. The summed E-state index contributed by atoms with van der Waals surface area (Å²) in [6, 6.07) is 12.6. The molecule has 3 aliphatic rings. The molecule has 2 saturated heterocycles. The standard InChI is InChI=1S/C24H25ClN2OS.C10H18N2O2/c1-5-14(2)16(4)22(26)12-19-18-11-17(9-10-23(18)27-24(19)28)29-13-20-15(3)7-6-8-21(20)25;13-9-11-3-1-10(2-4-11)12-5-7-14-8-6-12/h5-12H,13,26H2,1-4H3,(H,27,28);9-10H,1-8H2/b14-5+,19-12-,22-16-;. The number of carbonyl (C=O) groups is 2. The largest absolute Gasteiger partial charge is 0.398 e. The predicted octanol–water partition coefficient (Wildman–Crippen LogP) is 6.41. The molecule has 0 spiro atoms. The first-order valence-corrected chi connectivity index (χ1v) is 16.2. The van der Waals surface area contributed by atoms with Crippen molar-refractivity contribution in [3.63, 3.8) is 0 Å². The molecule has 43 heavy (non-hydrogen) atoms. The first-order valence-electron chi connectivity index (χ1n) is 14.9. The number of hydrogen-bond acceptors (Lipinski definition) is 6. The zero-order chi connectivity index (χ0) is 30.9. The smallest absolute Gasteiger partial charge is 0.256 e. The molecule has 0 saturated carbocycles. The van der Waals surface area contributed by atoms with Crippen LogP contribution >= 0.6 is 23.4 Å². The van der Waals surface area contributed by atoms with Crippen LogP contribution in [0.2, 0.25) is 5.02 Å². The number of morpholine rings is 1. The van der Waals surface area contributed by atoms with E-state index < -0.39 is 0 Å². The highest BCUT2D eigenvalue weighted by atomic mass is 35.5. The third-order valence-electron chi connectivity index (χ3n) is 8.48. The number of halogens is 1. The monoisotopic (exact) mass is 622 g/mol. The number of benzene rings is 2. The number of nitrogens with zero attached hydrogens (tertiary/aromatic N) is 2. The number of piperidine rings is 1. The lowest BCUT2D eigenvalue weighted by molar-refractivity contribution is -0.119. The summed E-state index contributed by atoms with van der Waals surface area (Å²) in [5, 5.41) is 3.71. The Bertz CT molecular complexity index is 1390. The van der Waals surface area contributed by atoms with Crippen LogP contribution in [0, 0.1) is 6.92 Å². The van der Waals surface area contributed by atoms with Crippen LogP contribution in [0.1, 0.15) is 50.3 Å². The lowest BCUT2D eigenvalue weighted by atomic mass is 10.0. The quantitative estimate of drug-likeness (QED) is 0.160. The number of anilines is 1. The first kappa shape index (κ1) is 32.9. The zero-order valence-electron chi connectivity index (χ0n) is 25.6. The van der Waals surface area contributed by atoms with Gasteiger partial charge < -0.3 is 20.7 Å². The molecule has 230 valence electrons. The van der Waals surface area contributed by atoms with Gasteiger partial charge in [0.05, 0.1) is 18.8 Å². The van der Waals surface area contributed by atoms with Gasteiger partial charge in [0.1, 0.15) is 0 Å². The Morgan fingerprint density at radius 2 is 1.86 bits per heavy atom. The van der Waals surface area contributed by atoms with Crippen LogP contribution in [-0.2, 0) is 20.1 Å². The van der Waals surface area contributed by atoms with Gasteiger partial charge in [-0.2, -0.15) is 0 Å². The first-order chi connectivity index (χ1) is 20.7. The highest BCUT2D eigenvalue weighted by molar-refractivity contribution is 7.98. The van der Waals surface area contributed by atoms with Crippen molar-refractivity contribution < 1.29 is 14.3 Å². The minimum absolute atomic E-state index is 0.127. The van der Waals surface area contributed by atoms with E-state index in [1.807, 2.05) is 62.1 Å². The fraction of sp³-hybridized carbons (Fsp3) is 0.412. The van der Waals surface area contributed by atoms with Gasteiger partial charge in [-0.3, -0.25) is 14.5 Å². The summed E-state index contributed by atoms with van der Waals surface area (Å²) in [6.45, 7) is 13.7. The second kappa shape index (κ2) is 15.6. The summed E-state index contributed by atoms with van der Waals surface area (Å²) in [7, 11) is 0. The van der Waals surface area contributed by atoms with E-state index in [1.165, 1.54) is 5.56 Å². The van der Waals surface area contributed by atoms with Gasteiger partial charge in [0.2, 0.25) is 6.41 Å². The number of thioether (sulfide) groups is 1. The number of amides is 2. The number of rotatable bonds is 7. The van der Waals surface area contributed by atoms with Gasteiger partial charge in [0.15, 0.2) is 0 Å². The molecule has 0 aliphatic carbocycles. The number of allylic oxidation sites excluding steroid dienone is 4. The topological polar surface area (TPSA) is 87.9 Å². The summed E-state index contributed by atoms with van der Waals surface area (Å²) < 4.78 is 5.32. The van der Waals surface area contributed by atoms with Crippen LogP contribution in [0.5, 0.6) is 0 Å². The molecule has 2 fully saturated rings. The summed E-state index contributed by atoms with van der Waals surface area (Å²) in [5.74, 6) is 0.643. The lowest BCUT2D eigenvalue weighted by Crippen LogP contribution is -2.48. The van der Waals surface area contributed by atoms with Gasteiger partial charge in [-0.1, -0.05) is 35.4 Å². The summed E-state index contributed by atoms with van der Waals surface area (Å²) in [6.07, 6.45) is 7.00. The van der Waals surface area contributed by atoms with Gasteiger partial charge in [0, 0.05) is 64.8 Å². The molecule has 2 aromatic rings. The molecule has 0 bridgehead atoms. The lowest BCUT2D eigenvalue weighted by Gasteiger charge is -2.39. The molecule has 0 radical (unpaired) electrons. The van der Waals surface area contributed by atoms with Crippen molar-refractivity contribution in [1.82, 2.24) is 9.80 Å². The molecule has 0 aromatic heterocycles. The Labute approximate surface area is 265 Å². The average Bonchev–Trinajstić information content (AvgIpc) is 3.34. The van der Waals surface area contributed by atoms with Crippen LogP contribution in [-0.4, -0.2) is 67.6 Å². The van der Waals surface area contributed by atoms with E-state index in [1.54, 1.807) is 17.8 Å². The van der Waals surface area contributed by atoms with Crippen LogP contribution in [0.3, 0.4) is 0 Å². The zero-order valence-corrected chi connectivity index (χ0v) is 27.2. The van der Waals surface area contributed by atoms with E-state index in [9.17, 15) is 9.59 Å². The maximum atomic E-state index is 12.5. The van der Waals surface area contributed by atoms with Crippen LogP contribution in [0.4, 0.5) is 5.69 Å². The molecule has 2 aromatic carbocycles. The average molecular weight is 623 g/mol. The van der Waals surface area contributed by atoms with Gasteiger partial charge >= 0.3 is 0 Å². The molecular formula is C34H43ClN4O3S. The van der Waals surface area contributed by atoms with Crippen LogP contribution in [0.25, 0.3) is 5.57 Å². The van der Waals surface area contributed by atoms with E-state index in [0.29, 0.717) is 17.3 Å². The van der Waals surface area contributed by atoms with Crippen molar-refractivity contribution in [3.8, 4) is 0 Å². The van der Waals surface area contributed by atoms with E-state index in [2.05, 4.69) is 23.2 Å². The SMILES string of the molecule is C/C=C(C)/C(C)=C(N)/C=C1\C(=O)Nc2ccc(SCc3c(C)cccc3Cl)cc21.O=CN1CCC(N2CCOCC2)CC1. The summed E-state index contributed by atoms with van der Waals surface area (Å²) >= 11 is 8.06. The minimum atomic E-state index is -0.127. The summed E-state index contributed by atoms with van der Waals surface area (Å²) in [5.41, 5.74) is 13.5. The number of ether oxygens (including phenoxy) is 1. The second-order valence-corrected chi connectivity index (χ2v) is 12.6. The Kier molecular flexibility index (Phi) is 11.9. The molecule has 0 unspecified atom stereocenters. The van der Waals surface area contributed by atoms with E-state index in [-0.39, 0.29) is 5.91 Å². The van der Waals surface area contributed by atoms with Crippen molar-refractivity contribution in [2.75, 3.05) is 44.7 Å². The molecule has 2 amide bonds. The Morgan fingerprint density at radius 3 is 2.51 bits per heavy atom. The van der Waals surface area contributed by atoms with Crippen molar-refractivity contribution in [2.45, 2.75) is 57.2 Å². The Hall–Kier alpha value is -3.04. The van der Waals surface area contributed by atoms with Crippen molar-refractivity contribution >= 4 is 46.9 Å². The van der Waals surface area contributed by atoms with Crippen molar-refractivity contribution in [1.29, 1.82) is 0 Å². The number of nitrogens with two attached hydrogens (primary N) is 1. The van der Waals surface area contributed by atoms with E-state index >= 15 is 0 Å². The molecule has 7 nitrogen and oxygen atoms in total. The maximum absolute atomic E-state index is 12.5. The third kappa shape index (κ3) is 8.54. The van der Waals surface area contributed by atoms with E-state index in [0.717, 1.165) is 102 Å². The normalized spacial score (nSPS) is 19.4. The van der Waals surface area contributed by atoms with Crippen molar-refractivity contribution in [2.24, 2.45) is 5.73 Å². The molecule has 3 N–H and O–H groups in total. The van der Waals surface area contributed by atoms with Crippen LogP contribution < -0.4 is 11.1 Å². The van der Waals surface area contributed by atoms with Gasteiger partial charge in [-0.25, -0.2) is 0 Å². The van der Waals surface area contributed by atoms with Crippen LogP contribution in [0.15, 0.2) is 70.3 Å². The Morgan fingerprint density at radius 1 is 1.14 bits per heavy atom. The summed E-state index contributed by atoms with van der Waals surface area (Å²) in [4.78, 5) is 28.5. The Balaban J connectivity index is 0.000000251. The van der Waals surface area contributed by atoms with Crippen molar-refractivity contribution in [3.05, 3.63) is 87.1 Å². The fourth-order valence-corrected chi connectivity index (χ4v) is 6.84. The second-order valence-electron chi connectivity index (χ2n) is 11.1. The van der Waals surface area contributed by atoms with Gasteiger partial charge in [-0.15, -0.1) is 11.8 Å². The van der Waals surface area contributed by atoms with E-state index in [4.69, 9.17) is 22.1 Å². The number of hydrogen-bond donors (Lipinski definition) is 2. The maximum Gasteiger partial charge on any atom is 0.256 e. The molecule has 0 atom stereocenters. The number of fused-ring (bicyclic) bond motifs is 1. The molecule has 5 rings (SSSR count). The number of carbonyl (C=O) groups excluding carboxylic acids is 2. The molecular weight excluding hydrogens is 580 g/mol. The van der Waals surface area contributed by atoms with Gasteiger partial charge in [-0.05, 0) is 87.6 Å². The third-order valence-corrected chi connectivity index (χ3v) is 9.85. The predicted molar refractivity (Wildman–Crippen MR) is 178 cm³/mol. The van der Waals surface area contributed by atoms with Gasteiger partial charge in [0.25, 0.3) is 5.91 Å². The number of aryl methyl sites for hydroxylation is 1. The number of likely N-dealkylation sites (tertiary alicyclic amines) is 1. The fourth-order valence-electron chi connectivity index (χ4n) is 5.41.